The normalized spacial score (nSPS) is 19.2. The van der Waals surface area contributed by atoms with Gasteiger partial charge in [0.05, 0.1) is 31.8 Å². The average Bonchev–Trinajstić information content (AvgIpc) is 4.04. The molecule has 1 aliphatic heterocycles. The van der Waals surface area contributed by atoms with Crippen molar-refractivity contribution in [2.45, 2.75) is 63.3 Å². The maximum Gasteiger partial charge on any atom is 0.312 e. The lowest BCUT2D eigenvalue weighted by Crippen LogP contribution is -2.62. The molecule has 4 aromatic carbocycles. The fourth-order valence-corrected chi connectivity index (χ4v) is 7.97. The molecule has 1 aliphatic rings. The number of ether oxygens (including phenoxy) is 5. The van der Waals surface area contributed by atoms with Gasteiger partial charge in [-0.3, -0.25) is 19.2 Å². The van der Waals surface area contributed by atoms with Gasteiger partial charge in [0, 0.05) is 68.4 Å². The van der Waals surface area contributed by atoms with Crippen molar-refractivity contribution >= 4 is 67.5 Å². The van der Waals surface area contributed by atoms with Crippen LogP contribution in [0.25, 0.3) is 43.6 Å². The van der Waals surface area contributed by atoms with E-state index in [1.54, 1.807) is 31.7 Å². The number of nitrogens with one attached hydrogen (secondary N) is 4. The Morgan fingerprint density at radius 3 is 1.12 bits per heavy atom. The number of benzene rings is 4. The van der Waals surface area contributed by atoms with Crippen LogP contribution in [-0.2, 0) is 68.5 Å². The number of para-hydroxylation sites is 4. The first kappa shape index (κ1) is 37.5. The number of carbonyl (C=O) groups excluding carboxylic acids is 4. The zero-order valence-corrected chi connectivity index (χ0v) is 31.9. The van der Waals surface area contributed by atoms with E-state index in [-0.39, 0.29) is 25.7 Å². The molecule has 1 saturated heterocycles. The van der Waals surface area contributed by atoms with Gasteiger partial charge in [0.2, 0.25) is 12.4 Å². The summed E-state index contributed by atoms with van der Waals surface area (Å²) in [6.07, 6.45) is -0.435. The van der Waals surface area contributed by atoms with Crippen LogP contribution < -0.4 is 0 Å². The third-order valence-electron chi connectivity index (χ3n) is 10.8. The van der Waals surface area contributed by atoms with Crippen molar-refractivity contribution in [2.24, 2.45) is 0 Å². The third kappa shape index (κ3) is 7.80. The molecule has 0 unspecified atom stereocenters. The smallest absolute Gasteiger partial charge is 0.312 e. The summed E-state index contributed by atoms with van der Waals surface area (Å²) in [5.74, 6) is -2.71. The van der Waals surface area contributed by atoms with Crippen molar-refractivity contribution in [2.75, 3.05) is 0 Å². The molecule has 13 heteroatoms. The monoisotopic (exact) mass is 792 g/mol. The maximum atomic E-state index is 14.0. The lowest BCUT2D eigenvalue weighted by molar-refractivity contribution is -0.293. The predicted octanol–water partition coefficient (Wildman–Crippen LogP) is 6.91. The Labute approximate surface area is 336 Å². The molecule has 9 rings (SSSR count). The van der Waals surface area contributed by atoms with E-state index in [1.807, 2.05) is 97.1 Å². The van der Waals surface area contributed by atoms with Crippen molar-refractivity contribution in [3.8, 4) is 0 Å². The quantitative estimate of drug-likeness (QED) is 0.0757. The second-order valence-corrected chi connectivity index (χ2v) is 14.7. The van der Waals surface area contributed by atoms with E-state index in [1.165, 1.54) is 0 Å². The molecule has 0 spiro atoms. The number of rotatable bonds is 12. The van der Waals surface area contributed by atoms with Gasteiger partial charge < -0.3 is 43.6 Å². The number of aromatic amines is 4. The molecule has 1 fully saturated rings. The summed E-state index contributed by atoms with van der Waals surface area (Å²) >= 11 is 0. The number of hydrogen-bond donors (Lipinski definition) is 4. The molecular formula is C46H40N4O9. The van der Waals surface area contributed by atoms with Crippen LogP contribution >= 0.6 is 0 Å². The molecular weight excluding hydrogens is 753 g/mol. The molecule has 0 radical (unpaired) electrons. The molecule has 5 atom stereocenters. The highest BCUT2D eigenvalue weighted by atomic mass is 16.7. The fraction of sp³-hybridized carbons (Fsp3) is 0.217. The van der Waals surface area contributed by atoms with Crippen LogP contribution in [0.5, 0.6) is 0 Å². The maximum absolute atomic E-state index is 14.0. The average molecular weight is 793 g/mol. The standard InChI is InChI=1S/C46H40N4O9/c1-26-43(56-39(51)18-27-22-47-35-14-6-2-10-31(27)35)44(57-40(52)19-28-23-48-36-15-7-3-11-32(28)36)45(58-41(53)20-29-24-49-37-16-8-4-12-33(29)37)46(55-26)59-42(54)21-30-25-50-38-17-9-5-13-34(30)38/h2-17,22-26,43-50H,18-21H2,1H3/t26-,43-,44+,45+,46+/m0/s1. The van der Waals surface area contributed by atoms with Crippen LogP contribution in [-0.4, -0.2) is 74.5 Å². The summed E-state index contributed by atoms with van der Waals surface area (Å²) < 4.78 is 30.7. The fourth-order valence-electron chi connectivity index (χ4n) is 7.97. The van der Waals surface area contributed by atoms with Crippen LogP contribution in [0, 0.1) is 0 Å². The van der Waals surface area contributed by atoms with E-state index in [0.717, 1.165) is 43.6 Å². The zero-order chi connectivity index (χ0) is 40.5. The van der Waals surface area contributed by atoms with E-state index >= 15 is 0 Å². The first-order chi connectivity index (χ1) is 28.8. The van der Waals surface area contributed by atoms with Crippen LogP contribution in [0.2, 0.25) is 0 Å². The number of H-pyrrole nitrogens is 4. The molecule has 0 amide bonds. The number of hydrogen-bond acceptors (Lipinski definition) is 9. The molecule has 298 valence electrons. The summed E-state index contributed by atoms with van der Waals surface area (Å²) in [6.45, 7) is 1.62. The molecule has 0 saturated carbocycles. The summed E-state index contributed by atoms with van der Waals surface area (Å²) in [7, 11) is 0. The van der Waals surface area contributed by atoms with Crippen LogP contribution in [0.4, 0.5) is 0 Å². The van der Waals surface area contributed by atoms with Gasteiger partial charge in [-0.25, -0.2) is 0 Å². The Morgan fingerprint density at radius 2 is 0.746 bits per heavy atom. The molecule has 5 heterocycles. The van der Waals surface area contributed by atoms with E-state index in [2.05, 4.69) is 19.9 Å². The van der Waals surface area contributed by atoms with Crippen LogP contribution in [0.1, 0.15) is 29.2 Å². The summed E-state index contributed by atoms with van der Waals surface area (Å²) in [5.41, 5.74) is 6.11. The number of fused-ring (bicyclic) bond motifs is 4. The third-order valence-corrected chi connectivity index (χ3v) is 10.8. The SMILES string of the molecule is C[C@@H]1O[C@H](OC(=O)Cc2c[nH]c3ccccc23)[C@H](OC(=O)Cc2c[nH]c3ccccc23)[C@H](OC(=O)Cc2c[nH]c3ccccc23)[C@H]1OC(=O)Cc1c[nH]c2ccccc12. The Bertz CT molecular complexity index is 2830. The van der Waals surface area contributed by atoms with Crippen LogP contribution in [0.3, 0.4) is 0 Å². The van der Waals surface area contributed by atoms with Gasteiger partial charge in [0.1, 0.15) is 0 Å². The Morgan fingerprint density at radius 1 is 0.441 bits per heavy atom. The van der Waals surface area contributed by atoms with Crippen molar-refractivity contribution in [1.82, 2.24) is 19.9 Å². The topological polar surface area (TPSA) is 178 Å². The number of carbonyl (C=O) groups is 4. The van der Waals surface area contributed by atoms with E-state index in [9.17, 15) is 19.2 Å². The summed E-state index contributed by atoms with van der Waals surface area (Å²) in [5, 5.41) is 3.35. The second kappa shape index (κ2) is 16.0. The van der Waals surface area contributed by atoms with Gasteiger partial charge in [-0.2, -0.15) is 0 Å². The number of aromatic nitrogens is 4. The minimum absolute atomic E-state index is 0.114. The molecule has 13 nitrogen and oxygen atoms in total. The minimum atomic E-state index is -1.54. The highest BCUT2D eigenvalue weighted by molar-refractivity contribution is 5.90. The predicted molar refractivity (Wildman–Crippen MR) is 218 cm³/mol. The second-order valence-electron chi connectivity index (χ2n) is 14.7. The molecule has 0 aliphatic carbocycles. The van der Waals surface area contributed by atoms with Gasteiger partial charge in [-0.1, -0.05) is 72.8 Å². The number of esters is 4. The zero-order valence-electron chi connectivity index (χ0n) is 31.9. The van der Waals surface area contributed by atoms with Gasteiger partial charge in [-0.05, 0) is 53.4 Å². The van der Waals surface area contributed by atoms with Crippen molar-refractivity contribution < 1.29 is 42.9 Å². The minimum Gasteiger partial charge on any atom is -0.455 e. The molecule has 4 aromatic heterocycles. The highest BCUT2D eigenvalue weighted by Crippen LogP contribution is 2.32. The highest BCUT2D eigenvalue weighted by Gasteiger charge is 2.52. The molecule has 4 N–H and O–H groups in total. The van der Waals surface area contributed by atoms with Gasteiger partial charge >= 0.3 is 23.9 Å². The lowest BCUT2D eigenvalue weighted by Gasteiger charge is -2.43. The molecule has 0 bridgehead atoms. The summed E-state index contributed by atoms with van der Waals surface area (Å²) in [4.78, 5) is 68.1. The molecule has 59 heavy (non-hydrogen) atoms. The van der Waals surface area contributed by atoms with Crippen molar-refractivity contribution in [1.29, 1.82) is 0 Å². The van der Waals surface area contributed by atoms with E-state index < -0.39 is 54.6 Å². The largest absolute Gasteiger partial charge is 0.455 e. The van der Waals surface area contributed by atoms with E-state index in [0.29, 0.717) is 22.3 Å². The van der Waals surface area contributed by atoms with Gasteiger partial charge in [0.15, 0.2) is 12.2 Å². The Balaban J connectivity index is 1.03. The molecule has 8 aromatic rings. The van der Waals surface area contributed by atoms with Gasteiger partial charge in [0.25, 0.3) is 0 Å². The van der Waals surface area contributed by atoms with Crippen molar-refractivity contribution in [3.05, 3.63) is 144 Å². The summed E-state index contributed by atoms with van der Waals surface area (Å²) in [6, 6.07) is 30.2. The lowest BCUT2D eigenvalue weighted by atomic mass is 9.98. The Hall–Kier alpha value is -7.12. The Kier molecular flexibility index (Phi) is 10.2. The van der Waals surface area contributed by atoms with E-state index in [4.69, 9.17) is 23.7 Å². The first-order valence-corrected chi connectivity index (χ1v) is 19.4. The van der Waals surface area contributed by atoms with Crippen molar-refractivity contribution in [3.63, 3.8) is 0 Å². The first-order valence-electron chi connectivity index (χ1n) is 19.4. The van der Waals surface area contributed by atoms with Crippen LogP contribution in [0.15, 0.2) is 122 Å². The van der Waals surface area contributed by atoms with Gasteiger partial charge in [-0.15, -0.1) is 0 Å².